The minimum Gasteiger partial charge on any atom is -0.135 e. The molecule has 0 unspecified atom stereocenters. The van der Waals surface area contributed by atoms with Crippen molar-refractivity contribution >= 4 is 96.1 Å². The Kier molecular flexibility index (Phi) is 7.58. The summed E-state index contributed by atoms with van der Waals surface area (Å²) in [6, 6.07) is 81.4. The van der Waals surface area contributed by atoms with Gasteiger partial charge in [-0.1, -0.05) is 182 Å². The van der Waals surface area contributed by atoms with Gasteiger partial charge in [0, 0.05) is 20.2 Å². The first-order chi connectivity index (χ1) is 30.2. The third kappa shape index (κ3) is 5.31. The highest BCUT2D eigenvalue weighted by molar-refractivity contribution is 7.25. The van der Waals surface area contributed by atoms with Gasteiger partial charge in [0.25, 0.3) is 0 Å². The lowest BCUT2D eigenvalue weighted by atomic mass is 9.85. The average molecular weight is 789 g/mol. The van der Waals surface area contributed by atoms with E-state index in [-0.39, 0.29) is 0 Å². The fourth-order valence-electron chi connectivity index (χ4n) is 10.3. The van der Waals surface area contributed by atoms with Crippen LogP contribution in [0, 0.1) is 0 Å². The number of hydrogen-bond acceptors (Lipinski definition) is 1. The van der Waals surface area contributed by atoms with E-state index in [9.17, 15) is 0 Å². The maximum atomic E-state index is 2.46. The Bertz CT molecular complexity index is 3570. The number of fused-ring (bicyclic) bond motifs is 9. The zero-order valence-electron chi connectivity index (χ0n) is 33.2. The third-order valence-electron chi connectivity index (χ3n) is 13.0. The molecule has 0 aliphatic carbocycles. The Morgan fingerprint density at radius 2 is 0.459 bits per heavy atom. The quantitative estimate of drug-likeness (QED) is 0.156. The molecular formula is C60H36S. The molecule has 0 N–H and O–H groups in total. The van der Waals surface area contributed by atoms with Crippen molar-refractivity contribution in [1.82, 2.24) is 0 Å². The number of thiophene rings is 1. The van der Waals surface area contributed by atoms with Gasteiger partial charge in [-0.15, -0.1) is 11.3 Å². The van der Waals surface area contributed by atoms with E-state index in [1.807, 2.05) is 11.3 Å². The Balaban J connectivity index is 1.03. The highest BCUT2D eigenvalue weighted by Gasteiger charge is 2.20. The van der Waals surface area contributed by atoms with Crippen LogP contribution < -0.4 is 0 Å². The molecule has 0 radical (unpaired) electrons. The van der Waals surface area contributed by atoms with Gasteiger partial charge in [0.1, 0.15) is 0 Å². The van der Waals surface area contributed by atoms with Crippen molar-refractivity contribution in [2.75, 3.05) is 0 Å². The second-order valence-electron chi connectivity index (χ2n) is 16.3. The maximum absolute atomic E-state index is 2.46. The average Bonchev–Trinajstić information content (AvgIpc) is 3.69. The second kappa shape index (κ2) is 13.5. The van der Waals surface area contributed by atoms with E-state index < -0.39 is 0 Å². The molecule has 0 fully saturated rings. The van der Waals surface area contributed by atoms with E-state index in [0.717, 1.165) is 0 Å². The topological polar surface area (TPSA) is 0 Å². The van der Waals surface area contributed by atoms with Crippen LogP contribution in [0.4, 0.5) is 0 Å². The first-order valence-corrected chi connectivity index (χ1v) is 21.9. The number of benzene rings is 12. The number of rotatable bonds is 4. The lowest BCUT2D eigenvalue weighted by Gasteiger charge is -2.18. The molecule has 12 aromatic carbocycles. The molecule has 0 saturated heterocycles. The summed E-state index contributed by atoms with van der Waals surface area (Å²) in [5.41, 5.74) is 10.1. The SMILES string of the molecule is c1ccc2cc(-c3c4ccccc4c(-c4ccc5sc6ccc(-c7c8ccccc8c(-c8ccc9ccccc9c8)c8ccccc78)cc6c5c4)c4ccccc34)ccc2c1. The Hall–Kier alpha value is -7.58. The van der Waals surface area contributed by atoms with Crippen molar-refractivity contribution < 1.29 is 0 Å². The van der Waals surface area contributed by atoms with Gasteiger partial charge in [0.2, 0.25) is 0 Å². The zero-order valence-corrected chi connectivity index (χ0v) is 34.0. The molecule has 1 heterocycles. The number of hydrogen-bond donors (Lipinski definition) is 0. The van der Waals surface area contributed by atoms with E-state index >= 15 is 0 Å². The summed E-state index contributed by atoms with van der Waals surface area (Å²) >= 11 is 1.89. The van der Waals surface area contributed by atoms with Gasteiger partial charge in [-0.25, -0.2) is 0 Å². The minimum atomic E-state index is 1.24. The zero-order chi connectivity index (χ0) is 40.0. The molecule has 0 atom stereocenters. The fraction of sp³-hybridized carbons (Fsp3) is 0. The van der Waals surface area contributed by atoms with Crippen molar-refractivity contribution in [2.24, 2.45) is 0 Å². The van der Waals surface area contributed by atoms with Crippen molar-refractivity contribution in [3.8, 4) is 44.5 Å². The van der Waals surface area contributed by atoms with Crippen LogP contribution in [-0.2, 0) is 0 Å². The highest BCUT2D eigenvalue weighted by atomic mass is 32.1. The molecule has 0 amide bonds. The Morgan fingerprint density at radius 1 is 0.197 bits per heavy atom. The van der Waals surface area contributed by atoms with Crippen LogP contribution in [-0.4, -0.2) is 0 Å². The molecule has 0 bridgehead atoms. The summed E-state index contributed by atoms with van der Waals surface area (Å²) in [4.78, 5) is 0. The van der Waals surface area contributed by atoms with E-state index in [2.05, 4.69) is 218 Å². The van der Waals surface area contributed by atoms with Crippen LogP contribution >= 0.6 is 11.3 Å². The summed E-state index contributed by atoms with van der Waals surface area (Å²) in [6.45, 7) is 0. The predicted octanol–water partition coefficient (Wildman–Crippen LogP) is 17.6. The van der Waals surface area contributed by atoms with E-state index in [4.69, 9.17) is 0 Å². The molecule has 1 aromatic heterocycles. The Labute approximate surface area is 357 Å². The van der Waals surface area contributed by atoms with Gasteiger partial charge in [-0.2, -0.15) is 0 Å². The molecule has 0 aliphatic rings. The van der Waals surface area contributed by atoms with Gasteiger partial charge in [-0.3, -0.25) is 0 Å². The van der Waals surface area contributed by atoms with Crippen molar-refractivity contribution in [1.29, 1.82) is 0 Å². The van der Waals surface area contributed by atoms with Gasteiger partial charge in [0.15, 0.2) is 0 Å². The Morgan fingerprint density at radius 3 is 0.787 bits per heavy atom. The normalized spacial score (nSPS) is 11.9. The van der Waals surface area contributed by atoms with Gasteiger partial charge < -0.3 is 0 Å². The van der Waals surface area contributed by atoms with Crippen LogP contribution in [0.25, 0.3) is 129 Å². The lowest BCUT2D eigenvalue weighted by molar-refractivity contribution is 1.68. The molecule has 13 rings (SSSR count). The molecule has 13 aromatic rings. The lowest BCUT2D eigenvalue weighted by Crippen LogP contribution is -1.91. The van der Waals surface area contributed by atoms with Crippen LogP contribution in [0.1, 0.15) is 0 Å². The molecular weight excluding hydrogens is 753 g/mol. The van der Waals surface area contributed by atoms with Gasteiger partial charge >= 0.3 is 0 Å². The van der Waals surface area contributed by atoms with E-state index in [1.165, 1.54) is 129 Å². The van der Waals surface area contributed by atoms with Crippen LogP contribution in [0.3, 0.4) is 0 Å². The molecule has 0 nitrogen and oxygen atoms in total. The summed E-state index contributed by atoms with van der Waals surface area (Å²) in [5, 5.41) is 17.8. The first-order valence-electron chi connectivity index (χ1n) is 21.1. The molecule has 61 heavy (non-hydrogen) atoms. The van der Waals surface area contributed by atoms with Crippen molar-refractivity contribution in [2.45, 2.75) is 0 Å². The molecule has 0 saturated carbocycles. The van der Waals surface area contributed by atoms with Gasteiger partial charge in [-0.05, 0) is 146 Å². The molecule has 0 spiro atoms. The molecule has 0 aliphatic heterocycles. The summed E-state index contributed by atoms with van der Waals surface area (Å²) in [5.74, 6) is 0. The highest BCUT2D eigenvalue weighted by Crippen LogP contribution is 2.48. The standard InChI is InChI=1S/C60H36S/c1-3-15-39-33-41(27-25-37(39)13-1)57-45-17-5-9-21-49(45)59(50-22-10-6-18-46(50)57)43-29-31-55-53(35-43)54-36-44(30-32-56(54)61-55)60-51-23-11-7-19-47(51)58(48-20-8-12-24-52(48)60)42-28-26-38-14-2-4-16-40(38)34-42/h1-36H. The van der Waals surface area contributed by atoms with Gasteiger partial charge in [0.05, 0.1) is 0 Å². The summed E-state index contributed by atoms with van der Waals surface area (Å²) in [7, 11) is 0. The van der Waals surface area contributed by atoms with Crippen LogP contribution in [0.5, 0.6) is 0 Å². The molecule has 1 heteroatoms. The molecule has 282 valence electrons. The van der Waals surface area contributed by atoms with Crippen LogP contribution in [0.2, 0.25) is 0 Å². The monoisotopic (exact) mass is 788 g/mol. The fourth-order valence-corrected chi connectivity index (χ4v) is 11.3. The van der Waals surface area contributed by atoms with Crippen molar-refractivity contribution in [3.63, 3.8) is 0 Å². The summed E-state index contributed by atoms with van der Waals surface area (Å²) in [6.07, 6.45) is 0. The minimum absolute atomic E-state index is 1.24. The van der Waals surface area contributed by atoms with Crippen LogP contribution in [0.15, 0.2) is 218 Å². The van der Waals surface area contributed by atoms with E-state index in [0.29, 0.717) is 0 Å². The second-order valence-corrected chi connectivity index (χ2v) is 17.4. The largest absolute Gasteiger partial charge is 0.135 e. The summed E-state index contributed by atoms with van der Waals surface area (Å²) < 4.78 is 2.61. The first kappa shape index (κ1) is 34.3. The van der Waals surface area contributed by atoms with Crippen molar-refractivity contribution in [3.05, 3.63) is 218 Å². The predicted molar refractivity (Wildman–Crippen MR) is 266 cm³/mol. The smallest absolute Gasteiger partial charge is 0.0355 e. The van der Waals surface area contributed by atoms with E-state index in [1.54, 1.807) is 0 Å². The third-order valence-corrected chi connectivity index (χ3v) is 14.1. The maximum Gasteiger partial charge on any atom is 0.0355 e.